The number of halogens is 1. The summed E-state index contributed by atoms with van der Waals surface area (Å²) in [7, 11) is 0. The number of fused-ring (bicyclic) bond motifs is 1. The van der Waals surface area contributed by atoms with Gasteiger partial charge in [0.2, 0.25) is 0 Å². The molecule has 2 heterocycles. The molecule has 0 saturated heterocycles. The third-order valence-electron chi connectivity index (χ3n) is 3.81. The molecule has 0 radical (unpaired) electrons. The lowest BCUT2D eigenvalue weighted by Gasteiger charge is -2.27. The van der Waals surface area contributed by atoms with E-state index in [-0.39, 0.29) is 17.1 Å². The Balaban J connectivity index is 1.84. The van der Waals surface area contributed by atoms with Crippen LogP contribution in [0.15, 0.2) is 23.6 Å². The summed E-state index contributed by atoms with van der Waals surface area (Å²) in [4.78, 5) is 15.0. The number of carbonyl (C=O) groups is 1. The zero-order valence-electron chi connectivity index (χ0n) is 11.7. The first kappa shape index (κ1) is 14.2. The molecule has 0 bridgehead atoms. The largest absolute Gasteiger partial charge is 0.507 e. The highest BCUT2D eigenvalue weighted by Gasteiger charge is 2.20. The van der Waals surface area contributed by atoms with Gasteiger partial charge in [-0.25, -0.2) is 4.39 Å². The van der Waals surface area contributed by atoms with Crippen LogP contribution in [0.4, 0.5) is 4.39 Å². The molecule has 21 heavy (non-hydrogen) atoms. The maximum absolute atomic E-state index is 13.6. The van der Waals surface area contributed by atoms with Gasteiger partial charge >= 0.3 is 0 Å². The van der Waals surface area contributed by atoms with Crippen molar-refractivity contribution < 1.29 is 14.3 Å². The summed E-state index contributed by atoms with van der Waals surface area (Å²) in [6.07, 6.45) is 0.975. The van der Waals surface area contributed by atoms with Gasteiger partial charge in [-0.2, -0.15) is 0 Å². The van der Waals surface area contributed by atoms with Gasteiger partial charge in [-0.1, -0.05) is 0 Å². The van der Waals surface area contributed by atoms with E-state index < -0.39 is 5.82 Å². The second-order valence-corrected chi connectivity index (χ2v) is 6.35. The molecule has 3 rings (SSSR count). The zero-order chi connectivity index (χ0) is 15.0. The summed E-state index contributed by atoms with van der Waals surface area (Å²) in [6.45, 7) is 3.44. The van der Waals surface area contributed by atoms with Crippen LogP contribution in [0.1, 0.15) is 33.3 Å². The number of thiophene rings is 1. The van der Waals surface area contributed by atoms with E-state index in [2.05, 4.69) is 16.3 Å². The van der Waals surface area contributed by atoms with Crippen molar-refractivity contribution in [1.82, 2.24) is 4.90 Å². The highest BCUT2D eigenvalue weighted by Crippen LogP contribution is 2.29. The van der Waals surface area contributed by atoms with E-state index in [4.69, 9.17) is 0 Å². The number of aromatic hydroxyl groups is 1. The van der Waals surface area contributed by atoms with Gasteiger partial charge in [-0.15, -0.1) is 11.3 Å². The normalized spacial score (nSPS) is 15.0. The second-order valence-electron chi connectivity index (χ2n) is 5.35. The molecule has 1 aliphatic rings. The summed E-state index contributed by atoms with van der Waals surface area (Å²) in [5, 5.41) is 12.2. The average molecular weight is 305 g/mol. The molecular formula is C16H16FNO2S. The van der Waals surface area contributed by atoms with E-state index in [0.29, 0.717) is 12.1 Å². The van der Waals surface area contributed by atoms with Gasteiger partial charge in [-0.05, 0) is 42.5 Å². The van der Waals surface area contributed by atoms with E-state index in [9.17, 15) is 14.3 Å². The smallest absolute Gasteiger partial charge is 0.163 e. The monoisotopic (exact) mass is 305 g/mol. The minimum Gasteiger partial charge on any atom is -0.507 e. The lowest BCUT2D eigenvalue weighted by molar-refractivity contribution is 0.101. The molecule has 1 N–H and O–H groups in total. The first-order valence-corrected chi connectivity index (χ1v) is 7.72. The number of hydrogen-bond acceptors (Lipinski definition) is 4. The fourth-order valence-corrected chi connectivity index (χ4v) is 3.62. The maximum atomic E-state index is 13.6. The van der Waals surface area contributed by atoms with E-state index in [1.807, 2.05) is 0 Å². The number of phenols is 1. The topological polar surface area (TPSA) is 40.5 Å². The van der Waals surface area contributed by atoms with Gasteiger partial charge in [-0.3, -0.25) is 9.69 Å². The number of carbonyl (C=O) groups excluding carboxylic acids is 1. The SMILES string of the molecule is CC(=O)c1cc(F)cc(CN2CCc3sccc3C2)c1O. The first-order chi connectivity index (χ1) is 10.0. The Morgan fingerprint density at radius 2 is 2.29 bits per heavy atom. The standard InChI is InChI=1S/C16H16FNO2S/c1-10(19)14-7-13(17)6-12(16(14)20)9-18-4-2-15-11(8-18)3-5-21-15/h3,5-7,20H,2,4,8-9H2,1H3. The Labute approximate surface area is 126 Å². The highest BCUT2D eigenvalue weighted by molar-refractivity contribution is 7.10. The van der Waals surface area contributed by atoms with E-state index in [1.165, 1.54) is 23.4 Å². The van der Waals surface area contributed by atoms with Crippen molar-refractivity contribution in [2.75, 3.05) is 6.54 Å². The Morgan fingerprint density at radius 3 is 3.05 bits per heavy atom. The molecule has 0 fully saturated rings. The molecule has 5 heteroatoms. The van der Waals surface area contributed by atoms with Crippen molar-refractivity contribution in [2.45, 2.75) is 26.4 Å². The Bertz CT molecular complexity index is 696. The van der Waals surface area contributed by atoms with Crippen molar-refractivity contribution in [3.63, 3.8) is 0 Å². The predicted molar refractivity (Wildman–Crippen MR) is 80.2 cm³/mol. The molecular weight excluding hydrogens is 289 g/mol. The van der Waals surface area contributed by atoms with Crippen LogP contribution in [-0.4, -0.2) is 22.3 Å². The van der Waals surface area contributed by atoms with Crippen LogP contribution >= 0.6 is 11.3 Å². The van der Waals surface area contributed by atoms with E-state index in [0.717, 1.165) is 25.6 Å². The van der Waals surface area contributed by atoms with Crippen LogP contribution in [0.5, 0.6) is 5.75 Å². The Hall–Kier alpha value is -1.72. The third-order valence-corrected chi connectivity index (χ3v) is 4.84. The maximum Gasteiger partial charge on any atom is 0.163 e. The van der Waals surface area contributed by atoms with Gasteiger partial charge in [0.05, 0.1) is 5.56 Å². The molecule has 1 aliphatic heterocycles. The fourth-order valence-electron chi connectivity index (χ4n) is 2.73. The van der Waals surface area contributed by atoms with Crippen LogP contribution in [0.2, 0.25) is 0 Å². The Morgan fingerprint density at radius 1 is 1.48 bits per heavy atom. The van der Waals surface area contributed by atoms with Crippen molar-refractivity contribution in [2.24, 2.45) is 0 Å². The summed E-state index contributed by atoms with van der Waals surface area (Å²) >= 11 is 1.76. The molecule has 0 atom stereocenters. The molecule has 0 aliphatic carbocycles. The minimum absolute atomic E-state index is 0.0539. The lowest BCUT2D eigenvalue weighted by Crippen LogP contribution is -2.29. The van der Waals surface area contributed by atoms with Crippen LogP contribution < -0.4 is 0 Å². The van der Waals surface area contributed by atoms with Gasteiger partial charge in [0, 0.05) is 30.1 Å². The van der Waals surface area contributed by atoms with Gasteiger partial charge in [0.1, 0.15) is 11.6 Å². The number of ketones is 1. The number of hydrogen-bond donors (Lipinski definition) is 1. The van der Waals surface area contributed by atoms with Crippen molar-refractivity contribution >= 4 is 17.1 Å². The number of phenolic OH excluding ortho intramolecular Hbond substituents is 1. The molecule has 0 spiro atoms. The molecule has 2 aromatic rings. The summed E-state index contributed by atoms with van der Waals surface area (Å²) in [5.41, 5.74) is 1.83. The van der Waals surface area contributed by atoms with Crippen molar-refractivity contribution in [3.05, 3.63) is 51.0 Å². The number of rotatable bonds is 3. The molecule has 110 valence electrons. The quantitative estimate of drug-likeness (QED) is 0.884. The van der Waals surface area contributed by atoms with Crippen LogP contribution in [0.3, 0.4) is 0 Å². The molecule has 0 unspecified atom stereocenters. The molecule has 1 aromatic heterocycles. The summed E-state index contributed by atoms with van der Waals surface area (Å²) in [6, 6.07) is 4.51. The van der Waals surface area contributed by atoms with Gasteiger partial charge in [0.25, 0.3) is 0 Å². The van der Waals surface area contributed by atoms with Crippen LogP contribution in [-0.2, 0) is 19.5 Å². The predicted octanol–water partition coefficient (Wildman–Crippen LogP) is 3.35. The molecule has 1 aromatic carbocycles. The number of benzene rings is 1. The molecule has 0 saturated carbocycles. The van der Waals surface area contributed by atoms with Crippen LogP contribution in [0, 0.1) is 5.82 Å². The van der Waals surface area contributed by atoms with E-state index in [1.54, 1.807) is 11.3 Å². The Kier molecular flexibility index (Phi) is 3.78. The first-order valence-electron chi connectivity index (χ1n) is 6.84. The van der Waals surface area contributed by atoms with Crippen molar-refractivity contribution in [3.8, 4) is 5.75 Å². The molecule has 3 nitrogen and oxygen atoms in total. The lowest BCUT2D eigenvalue weighted by atomic mass is 10.0. The highest BCUT2D eigenvalue weighted by atomic mass is 32.1. The van der Waals surface area contributed by atoms with Gasteiger partial charge in [0.15, 0.2) is 5.78 Å². The second kappa shape index (κ2) is 5.58. The van der Waals surface area contributed by atoms with Crippen molar-refractivity contribution in [1.29, 1.82) is 0 Å². The fraction of sp³-hybridized carbons (Fsp3) is 0.312. The van der Waals surface area contributed by atoms with Gasteiger partial charge < -0.3 is 5.11 Å². The minimum atomic E-state index is -0.485. The zero-order valence-corrected chi connectivity index (χ0v) is 12.5. The third kappa shape index (κ3) is 2.84. The molecule has 0 amide bonds. The average Bonchev–Trinajstić information content (AvgIpc) is 2.89. The number of Topliss-reactive ketones (excluding diaryl/α,β-unsaturated/α-hetero) is 1. The number of nitrogens with zero attached hydrogens (tertiary/aromatic N) is 1. The summed E-state index contributed by atoms with van der Waals surface area (Å²) in [5.74, 6) is -0.909. The summed E-state index contributed by atoms with van der Waals surface area (Å²) < 4.78 is 13.6. The van der Waals surface area contributed by atoms with E-state index >= 15 is 0 Å². The van der Waals surface area contributed by atoms with Crippen LogP contribution in [0.25, 0.3) is 0 Å².